The van der Waals surface area contributed by atoms with Crippen molar-refractivity contribution in [3.05, 3.63) is 59.8 Å². The van der Waals surface area contributed by atoms with Crippen LogP contribution >= 0.6 is 0 Å². The lowest BCUT2D eigenvalue weighted by Gasteiger charge is -2.15. The molecule has 2 aromatic rings. The number of nitrogens with zero attached hydrogens (tertiary/aromatic N) is 1. The molecule has 7 nitrogen and oxygen atoms in total. The maximum Gasteiger partial charge on any atom is 0.278 e. The fourth-order valence-corrected chi connectivity index (χ4v) is 3.23. The first kappa shape index (κ1) is 21.4. The number of methoxy groups -OCH3 is 2. The Morgan fingerprint density at radius 3 is 2.33 bits per heavy atom. The number of hydrogen-bond acceptors (Lipinski definition) is 6. The Hall–Kier alpha value is -3.32. The molecule has 7 heteroatoms. The molecule has 2 aromatic carbocycles. The zero-order valence-corrected chi connectivity index (χ0v) is 17.4. The van der Waals surface area contributed by atoms with Crippen molar-refractivity contribution in [2.75, 3.05) is 39.3 Å². The van der Waals surface area contributed by atoms with Gasteiger partial charge in [-0.1, -0.05) is 18.2 Å². The van der Waals surface area contributed by atoms with Gasteiger partial charge in [-0.05, 0) is 43.2 Å². The van der Waals surface area contributed by atoms with Crippen molar-refractivity contribution in [3.63, 3.8) is 0 Å². The Bertz CT molecular complexity index is 937. The molecule has 1 N–H and O–H groups in total. The van der Waals surface area contributed by atoms with Gasteiger partial charge in [-0.15, -0.1) is 0 Å². The maximum atomic E-state index is 13.2. The number of imide groups is 1. The number of nitrogens with one attached hydrogen (secondary N) is 1. The highest BCUT2D eigenvalue weighted by Gasteiger charge is 2.38. The average molecular weight is 410 g/mol. The predicted molar refractivity (Wildman–Crippen MR) is 114 cm³/mol. The van der Waals surface area contributed by atoms with Gasteiger partial charge in [0.25, 0.3) is 11.8 Å². The molecule has 3 rings (SSSR count). The lowest BCUT2D eigenvalue weighted by Crippen LogP contribution is -2.34. The molecular weight excluding hydrogens is 384 g/mol. The van der Waals surface area contributed by atoms with Gasteiger partial charge in [0.05, 0.1) is 19.8 Å². The molecule has 0 atom stereocenters. The molecule has 0 unspecified atom stereocenters. The summed E-state index contributed by atoms with van der Waals surface area (Å²) in [5, 5.41) is 3.13. The van der Waals surface area contributed by atoms with Gasteiger partial charge in [0.2, 0.25) is 0 Å². The summed E-state index contributed by atoms with van der Waals surface area (Å²) in [7, 11) is 3.15. The van der Waals surface area contributed by atoms with Crippen molar-refractivity contribution >= 4 is 23.1 Å². The van der Waals surface area contributed by atoms with Gasteiger partial charge in [-0.2, -0.15) is 0 Å². The van der Waals surface area contributed by atoms with Gasteiger partial charge in [0, 0.05) is 31.5 Å². The van der Waals surface area contributed by atoms with Crippen LogP contribution in [0.15, 0.2) is 54.2 Å². The van der Waals surface area contributed by atoms with Crippen molar-refractivity contribution in [2.45, 2.75) is 13.3 Å². The monoisotopic (exact) mass is 410 g/mol. The molecule has 1 aliphatic rings. The lowest BCUT2D eigenvalue weighted by molar-refractivity contribution is -0.137. The summed E-state index contributed by atoms with van der Waals surface area (Å²) in [5.41, 5.74) is 1.89. The van der Waals surface area contributed by atoms with Crippen LogP contribution in [0.3, 0.4) is 0 Å². The van der Waals surface area contributed by atoms with Crippen molar-refractivity contribution in [1.82, 2.24) is 4.90 Å². The Kier molecular flexibility index (Phi) is 7.08. The summed E-state index contributed by atoms with van der Waals surface area (Å²) < 4.78 is 15.8. The fourth-order valence-electron chi connectivity index (χ4n) is 3.23. The summed E-state index contributed by atoms with van der Waals surface area (Å²) in [6, 6.07) is 14.3. The molecule has 2 amide bonds. The minimum absolute atomic E-state index is 0.245. The van der Waals surface area contributed by atoms with Gasteiger partial charge in [-0.3, -0.25) is 14.5 Å². The summed E-state index contributed by atoms with van der Waals surface area (Å²) >= 11 is 0. The van der Waals surface area contributed by atoms with E-state index < -0.39 is 0 Å². The van der Waals surface area contributed by atoms with E-state index in [-0.39, 0.29) is 17.5 Å². The van der Waals surface area contributed by atoms with E-state index in [2.05, 4.69) is 5.32 Å². The van der Waals surface area contributed by atoms with Crippen molar-refractivity contribution in [2.24, 2.45) is 0 Å². The highest BCUT2D eigenvalue weighted by molar-refractivity contribution is 6.36. The minimum Gasteiger partial charge on any atom is -0.497 e. The fraction of sp³-hybridized carbons (Fsp3) is 0.304. The maximum absolute atomic E-state index is 13.2. The van der Waals surface area contributed by atoms with Gasteiger partial charge >= 0.3 is 0 Å². The second-order valence-corrected chi connectivity index (χ2v) is 6.65. The molecule has 0 spiro atoms. The highest BCUT2D eigenvalue weighted by Crippen LogP contribution is 2.32. The smallest absolute Gasteiger partial charge is 0.278 e. The number of ether oxygens (including phenoxy) is 3. The molecule has 0 radical (unpaired) electrons. The molecule has 0 aromatic heterocycles. The normalized spacial score (nSPS) is 13.8. The number of rotatable bonds is 10. The number of carbonyl (C=O) groups is 2. The van der Waals surface area contributed by atoms with Crippen molar-refractivity contribution in [1.29, 1.82) is 0 Å². The topological polar surface area (TPSA) is 77.1 Å². The summed E-state index contributed by atoms with van der Waals surface area (Å²) in [4.78, 5) is 27.6. The summed E-state index contributed by atoms with van der Waals surface area (Å²) in [6.07, 6.45) is 0.577. The predicted octanol–water partition coefficient (Wildman–Crippen LogP) is 3.32. The van der Waals surface area contributed by atoms with Crippen LogP contribution in [0, 0.1) is 0 Å². The third-order valence-electron chi connectivity index (χ3n) is 4.76. The lowest BCUT2D eigenvalue weighted by atomic mass is 10.0. The quantitative estimate of drug-likeness (QED) is 0.478. The summed E-state index contributed by atoms with van der Waals surface area (Å²) in [5.74, 6) is 0.640. The molecule has 0 fully saturated rings. The van der Waals surface area contributed by atoms with E-state index in [0.717, 1.165) is 0 Å². The molecule has 0 saturated heterocycles. The molecule has 0 bridgehead atoms. The molecule has 0 saturated carbocycles. The largest absolute Gasteiger partial charge is 0.497 e. The Balaban J connectivity index is 1.94. The minimum atomic E-state index is -0.356. The number of carbonyl (C=O) groups excluding carboxylic acids is 2. The van der Waals surface area contributed by atoms with Gasteiger partial charge in [-0.25, -0.2) is 0 Å². The van der Waals surface area contributed by atoms with Crippen LogP contribution in [-0.2, 0) is 14.3 Å². The first-order valence-corrected chi connectivity index (χ1v) is 9.82. The van der Waals surface area contributed by atoms with E-state index in [4.69, 9.17) is 14.2 Å². The van der Waals surface area contributed by atoms with Gasteiger partial charge < -0.3 is 19.5 Å². The molecule has 158 valence electrons. The molecule has 30 heavy (non-hydrogen) atoms. The van der Waals surface area contributed by atoms with Crippen LogP contribution in [0.4, 0.5) is 5.69 Å². The Labute approximate surface area is 176 Å². The van der Waals surface area contributed by atoms with Crippen molar-refractivity contribution in [3.8, 4) is 11.5 Å². The van der Waals surface area contributed by atoms with E-state index in [1.54, 1.807) is 44.6 Å². The first-order valence-electron chi connectivity index (χ1n) is 9.82. The van der Waals surface area contributed by atoms with Crippen LogP contribution in [0.2, 0.25) is 0 Å². The number of benzene rings is 2. The van der Waals surface area contributed by atoms with E-state index in [9.17, 15) is 9.59 Å². The van der Waals surface area contributed by atoms with Gasteiger partial charge in [0.15, 0.2) is 0 Å². The Morgan fingerprint density at radius 1 is 0.933 bits per heavy atom. The SMILES string of the molecule is CCOCCCN1C(=O)C(Nc2cccc(OC)c2)=C(c2ccc(OC)cc2)C1=O. The third kappa shape index (κ3) is 4.63. The summed E-state index contributed by atoms with van der Waals surface area (Å²) in [6.45, 7) is 3.29. The first-order chi connectivity index (χ1) is 14.6. The average Bonchev–Trinajstić information content (AvgIpc) is 3.01. The van der Waals surface area contributed by atoms with Gasteiger partial charge in [0.1, 0.15) is 17.2 Å². The van der Waals surface area contributed by atoms with Crippen LogP contribution in [0.1, 0.15) is 18.9 Å². The van der Waals surface area contributed by atoms with E-state index in [1.807, 2.05) is 25.1 Å². The van der Waals surface area contributed by atoms with Crippen molar-refractivity contribution < 1.29 is 23.8 Å². The zero-order valence-electron chi connectivity index (χ0n) is 17.4. The highest BCUT2D eigenvalue weighted by atomic mass is 16.5. The molecule has 1 heterocycles. The van der Waals surface area contributed by atoms with E-state index in [1.165, 1.54) is 4.90 Å². The number of anilines is 1. The van der Waals surface area contributed by atoms with E-state index in [0.29, 0.717) is 54.5 Å². The molecule has 0 aliphatic carbocycles. The molecular formula is C23H26N2O5. The Morgan fingerprint density at radius 2 is 1.67 bits per heavy atom. The molecule has 1 aliphatic heterocycles. The third-order valence-corrected chi connectivity index (χ3v) is 4.76. The van der Waals surface area contributed by atoms with Crippen LogP contribution in [-0.4, -0.2) is 50.7 Å². The standard InChI is InChI=1S/C23H26N2O5/c1-4-30-14-6-13-25-22(26)20(16-9-11-18(28-2)12-10-16)21(23(25)27)24-17-7-5-8-19(15-17)29-3/h5,7-12,15,24H,4,6,13-14H2,1-3H3. The second kappa shape index (κ2) is 9.93. The second-order valence-electron chi connectivity index (χ2n) is 6.65. The number of hydrogen-bond donors (Lipinski definition) is 1. The zero-order chi connectivity index (χ0) is 21.5. The van der Waals surface area contributed by atoms with E-state index >= 15 is 0 Å². The number of amides is 2. The van der Waals surface area contributed by atoms with Crippen LogP contribution in [0.5, 0.6) is 11.5 Å². The van der Waals surface area contributed by atoms with Crippen LogP contribution < -0.4 is 14.8 Å². The van der Waals surface area contributed by atoms with Crippen LogP contribution in [0.25, 0.3) is 5.57 Å².